The van der Waals surface area contributed by atoms with E-state index in [0.717, 1.165) is 6.42 Å². The number of nitrogens with two attached hydrogens (primary N) is 1. The number of amides is 1. The van der Waals surface area contributed by atoms with Gasteiger partial charge in [0.05, 0.1) is 6.04 Å². The molecule has 1 unspecified atom stereocenters. The van der Waals surface area contributed by atoms with E-state index < -0.39 is 0 Å². The van der Waals surface area contributed by atoms with E-state index in [4.69, 9.17) is 27.3 Å². The van der Waals surface area contributed by atoms with Crippen LogP contribution in [0.4, 0.5) is 0 Å². The fourth-order valence-corrected chi connectivity index (χ4v) is 2.40. The van der Waals surface area contributed by atoms with Crippen LogP contribution in [0.1, 0.15) is 12.8 Å². The van der Waals surface area contributed by atoms with Crippen LogP contribution >= 0.6 is 11.6 Å². The Morgan fingerprint density at radius 1 is 1.60 bits per heavy atom. The van der Waals surface area contributed by atoms with Crippen LogP contribution in [0.5, 0.6) is 5.75 Å². The largest absolute Gasteiger partial charge is 0.484 e. The lowest BCUT2D eigenvalue weighted by molar-refractivity contribution is -0.133. The van der Waals surface area contributed by atoms with E-state index in [-0.39, 0.29) is 24.4 Å². The van der Waals surface area contributed by atoms with Gasteiger partial charge in [-0.25, -0.2) is 0 Å². The minimum Gasteiger partial charge on any atom is -0.484 e. The fourth-order valence-electron chi connectivity index (χ4n) is 2.22. The zero-order chi connectivity index (χ0) is 14.5. The van der Waals surface area contributed by atoms with Crippen molar-refractivity contribution in [3.05, 3.63) is 29.3 Å². The van der Waals surface area contributed by atoms with Crippen LogP contribution < -0.4 is 10.5 Å². The lowest BCUT2D eigenvalue weighted by atomic mass is 10.2. The van der Waals surface area contributed by atoms with Crippen molar-refractivity contribution >= 4 is 23.3 Å². The topological polar surface area (TPSA) is 88.2 Å². The van der Waals surface area contributed by atoms with Gasteiger partial charge in [0.1, 0.15) is 5.75 Å². The lowest BCUT2D eigenvalue weighted by Crippen LogP contribution is -2.45. The molecule has 1 amide bonds. The van der Waals surface area contributed by atoms with Crippen molar-refractivity contribution in [2.45, 2.75) is 18.9 Å². The maximum absolute atomic E-state index is 12.1. The van der Waals surface area contributed by atoms with Crippen molar-refractivity contribution in [1.29, 1.82) is 0 Å². The molecule has 0 radical (unpaired) electrons. The highest BCUT2D eigenvalue weighted by atomic mass is 35.5. The van der Waals surface area contributed by atoms with Crippen molar-refractivity contribution in [2.24, 2.45) is 10.9 Å². The number of hydrogen-bond donors (Lipinski definition) is 2. The van der Waals surface area contributed by atoms with Crippen LogP contribution in [-0.4, -0.2) is 41.0 Å². The number of oxime groups is 1. The Bertz CT molecular complexity index is 521. The van der Waals surface area contributed by atoms with Gasteiger partial charge < -0.3 is 20.6 Å². The first-order valence-electron chi connectivity index (χ1n) is 6.27. The second kappa shape index (κ2) is 6.47. The first-order chi connectivity index (χ1) is 9.61. The number of carbonyl (C=O) groups is 1. The number of hydrogen-bond acceptors (Lipinski definition) is 4. The molecule has 1 saturated heterocycles. The van der Waals surface area contributed by atoms with Gasteiger partial charge in [0.2, 0.25) is 0 Å². The molecular weight excluding hydrogens is 282 g/mol. The highest BCUT2D eigenvalue weighted by Gasteiger charge is 2.31. The molecule has 0 bridgehead atoms. The summed E-state index contributed by atoms with van der Waals surface area (Å²) in [7, 11) is 0. The van der Waals surface area contributed by atoms with Crippen LogP contribution in [0, 0.1) is 0 Å². The van der Waals surface area contributed by atoms with Gasteiger partial charge in [-0.05, 0) is 31.0 Å². The summed E-state index contributed by atoms with van der Waals surface area (Å²) in [5.74, 6) is 0.392. The summed E-state index contributed by atoms with van der Waals surface area (Å²) < 4.78 is 5.40. The van der Waals surface area contributed by atoms with Crippen molar-refractivity contribution in [3.63, 3.8) is 0 Å². The molecule has 1 aliphatic rings. The molecule has 1 atom stereocenters. The molecule has 0 saturated carbocycles. The Labute approximate surface area is 121 Å². The average Bonchev–Trinajstić information content (AvgIpc) is 2.93. The van der Waals surface area contributed by atoms with Gasteiger partial charge in [0.25, 0.3) is 5.91 Å². The van der Waals surface area contributed by atoms with Crippen LogP contribution in [0.2, 0.25) is 5.02 Å². The Hall–Kier alpha value is -1.95. The molecule has 6 nitrogen and oxygen atoms in total. The molecule has 7 heteroatoms. The molecule has 1 aromatic rings. The average molecular weight is 298 g/mol. The monoisotopic (exact) mass is 297 g/mol. The van der Waals surface area contributed by atoms with E-state index in [1.807, 2.05) is 0 Å². The third-order valence-electron chi connectivity index (χ3n) is 3.19. The van der Waals surface area contributed by atoms with Crippen LogP contribution in [0.3, 0.4) is 0 Å². The predicted octanol–water partition coefficient (Wildman–Crippen LogP) is 1.46. The smallest absolute Gasteiger partial charge is 0.261 e. The standard InChI is InChI=1S/C13H16ClN3O3/c14-9-3-1-4-10(7-9)20-8-12(18)17-6-2-5-11(17)13(15)16-19/h1,3-4,7,11,19H,2,5-6,8H2,(H2,15,16). The lowest BCUT2D eigenvalue weighted by Gasteiger charge is -2.23. The molecule has 108 valence electrons. The van der Waals surface area contributed by atoms with E-state index in [1.165, 1.54) is 0 Å². The summed E-state index contributed by atoms with van der Waals surface area (Å²) >= 11 is 5.84. The van der Waals surface area contributed by atoms with Gasteiger partial charge in [-0.2, -0.15) is 0 Å². The van der Waals surface area contributed by atoms with Crippen LogP contribution in [0.25, 0.3) is 0 Å². The third-order valence-corrected chi connectivity index (χ3v) is 3.42. The van der Waals surface area contributed by atoms with Crippen molar-refractivity contribution in [3.8, 4) is 5.75 Å². The maximum Gasteiger partial charge on any atom is 0.261 e. The van der Waals surface area contributed by atoms with E-state index in [0.29, 0.717) is 23.7 Å². The minimum atomic E-state index is -0.351. The summed E-state index contributed by atoms with van der Waals surface area (Å²) in [6, 6.07) is 6.49. The van der Waals surface area contributed by atoms with E-state index in [9.17, 15) is 4.79 Å². The molecule has 0 aromatic heterocycles. The normalized spacial score (nSPS) is 19.1. The quantitative estimate of drug-likeness (QED) is 0.381. The number of ether oxygens (including phenoxy) is 1. The van der Waals surface area contributed by atoms with Gasteiger partial charge in [-0.1, -0.05) is 22.8 Å². The van der Waals surface area contributed by atoms with Gasteiger partial charge in [-0.15, -0.1) is 0 Å². The molecule has 3 N–H and O–H groups in total. The molecule has 20 heavy (non-hydrogen) atoms. The summed E-state index contributed by atoms with van der Waals surface area (Å²) in [5, 5.41) is 12.2. The zero-order valence-electron chi connectivity index (χ0n) is 10.8. The highest BCUT2D eigenvalue weighted by Crippen LogP contribution is 2.19. The Balaban J connectivity index is 1.94. The second-order valence-electron chi connectivity index (χ2n) is 4.52. The second-order valence-corrected chi connectivity index (χ2v) is 4.95. The molecule has 0 spiro atoms. The first kappa shape index (κ1) is 14.5. The molecule has 1 aromatic carbocycles. The Kier molecular flexibility index (Phi) is 4.68. The SMILES string of the molecule is NC(=NO)C1CCCN1C(=O)COc1cccc(Cl)c1. The summed E-state index contributed by atoms with van der Waals surface area (Å²) in [5.41, 5.74) is 5.58. The number of nitrogens with zero attached hydrogens (tertiary/aromatic N) is 2. The van der Waals surface area contributed by atoms with Gasteiger partial charge in [0.15, 0.2) is 12.4 Å². The number of amidine groups is 1. The van der Waals surface area contributed by atoms with Gasteiger partial charge in [0, 0.05) is 11.6 Å². The molecular formula is C13H16ClN3O3. The number of likely N-dealkylation sites (tertiary alicyclic amines) is 1. The number of rotatable bonds is 4. The molecule has 1 aliphatic heterocycles. The Morgan fingerprint density at radius 2 is 2.40 bits per heavy atom. The first-order valence-corrected chi connectivity index (χ1v) is 6.65. The van der Waals surface area contributed by atoms with E-state index in [2.05, 4.69) is 5.16 Å². The molecule has 0 aliphatic carbocycles. The molecule has 1 heterocycles. The predicted molar refractivity (Wildman–Crippen MR) is 75.1 cm³/mol. The van der Waals surface area contributed by atoms with E-state index >= 15 is 0 Å². The minimum absolute atomic E-state index is 0.0543. The summed E-state index contributed by atoms with van der Waals surface area (Å²) in [6.07, 6.45) is 1.52. The third kappa shape index (κ3) is 3.33. The van der Waals surface area contributed by atoms with Crippen LogP contribution in [0.15, 0.2) is 29.4 Å². The van der Waals surface area contributed by atoms with Gasteiger partial charge in [-0.3, -0.25) is 4.79 Å². The van der Waals surface area contributed by atoms with Crippen molar-refractivity contribution in [1.82, 2.24) is 4.90 Å². The summed E-state index contributed by atoms with van der Waals surface area (Å²) in [6.45, 7) is 0.480. The molecule has 2 rings (SSSR count). The van der Waals surface area contributed by atoms with Crippen LogP contribution in [-0.2, 0) is 4.79 Å². The fraction of sp³-hybridized carbons (Fsp3) is 0.385. The zero-order valence-corrected chi connectivity index (χ0v) is 11.6. The van der Waals surface area contributed by atoms with Gasteiger partial charge >= 0.3 is 0 Å². The maximum atomic E-state index is 12.1. The Morgan fingerprint density at radius 3 is 3.10 bits per heavy atom. The highest BCUT2D eigenvalue weighted by molar-refractivity contribution is 6.30. The number of benzene rings is 1. The molecule has 1 fully saturated rings. The number of halogens is 1. The van der Waals surface area contributed by atoms with E-state index in [1.54, 1.807) is 29.2 Å². The van der Waals surface area contributed by atoms with Crippen molar-refractivity contribution < 1.29 is 14.7 Å². The number of carbonyl (C=O) groups excluding carboxylic acids is 1. The van der Waals surface area contributed by atoms with Crippen molar-refractivity contribution in [2.75, 3.05) is 13.2 Å². The summed E-state index contributed by atoms with van der Waals surface area (Å²) in [4.78, 5) is 13.7.